The number of hydrogen-bond donors (Lipinski definition) is 2. The molecule has 0 amide bonds. The highest BCUT2D eigenvalue weighted by molar-refractivity contribution is 7.90. The number of anilines is 1. The van der Waals surface area contributed by atoms with E-state index in [1.54, 1.807) is 42.5 Å². The summed E-state index contributed by atoms with van der Waals surface area (Å²) in [5.41, 5.74) is 1.56. The van der Waals surface area contributed by atoms with E-state index >= 15 is 0 Å². The van der Waals surface area contributed by atoms with Gasteiger partial charge in [-0.25, -0.2) is 8.42 Å². The van der Waals surface area contributed by atoms with Crippen molar-refractivity contribution in [2.24, 2.45) is 0 Å². The van der Waals surface area contributed by atoms with E-state index in [4.69, 9.17) is 35.4 Å². The van der Waals surface area contributed by atoms with Gasteiger partial charge in [0.2, 0.25) is 0 Å². The Bertz CT molecular complexity index is 822. The molecule has 122 valence electrons. The number of benzene rings is 2. The maximum Gasteiger partial charge on any atom is 0.175 e. The van der Waals surface area contributed by atoms with E-state index in [-0.39, 0.29) is 4.90 Å². The van der Waals surface area contributed by atoms with Crippen molar-refractivity contribution in [1.29, 1.82) is 0 Å². The molecule has 0 atom stereocenters. The van der Waals surface area contributed by atoms with Gasteiger partial charge in [0.05, 0.1) is 15.6 Å². The van der Waals surface area contributed by atoms with E-state index < -0.39 is 9.84 Å². The molecule has 23 heavy (non-hydrogen) atoms. The van der Waals surface area contributed by atoms with Gasteiger partial charge in [-0.15, -0.1) is 0 Å². The third-order valence-corrected chi connectivity index (χ3v) is 4.91. The highest BCUT2D eigenvalue weighted by atomic mass is 35.5. The Morgan fingerprint density at radius 1 is 1.13 bits per heavy atom. The van der Waals surface area contributed by atoms with Crippen LogP contribution in [0.15, 0.2) is 47.4 Å². The molecular weight excluding hydrogens is 375 g/mol. The second-order valence-electron chi connectivity index (χ2n) is 4.85. The summed E-state index contributed by atoms with van der Waals surface area (Å²) < 4.78 is 22.8. The molecule has 2 aromatic carbocycles. The predicted molar refractivity (Wildman–Crippen MR) is 99.1 cm³/mol. The fraction of sp³-hybridized carbons (Fsp3) is 0.133. The molecule has 0 spiro atoms. The van der Waals surface area contributed by atoms with Crippen LogP contribution in [0.3, 0.4) is 0 Å². The van der Waals surface area contributed by atoms with E-state index in [0.717, 1.165) is 5.56 Å². The van der Waals surface area contributed by atoms with Crippen LogP contribution in [0.25, 0.3) is 0 Å². The Kier molecular flexibility index (Phi) is 5.86. The molecule has 2 N–H and O–H groups in total. The van der Waals surface area contributed by atoms with Crippen molar-refractivity contribution in [2.75, 3.05) is 11.6 Å². The van der Waals surface area contributed by atoms with Gasteiger partial charge in [-0.2, -0.15) is 0 Å². The van der Waals surface area contributed by atoms with Gasteiger partial charge in [0.25, 0.3) is 0 Å². The first-order valence-electron chi connectivity index (χ1n) is 6.54. The molecule has 0 aliphatic rings. The monoisotopic (exact) mass is 388 g/mol. The van der Waals surface area contributed by atoms with E-state index in [2.05, 4.69) is 10.6 Å². The molecule has 4 nitrogen and oxygen atoms in total. The number of halogens is 2. The molecule has 0 saturated heterocycles. The number of thiocarbonyl (C=S) groups is 1. The number of rotatable bonds is 4. The normalized spacial score (nSPS) is 11.1. The summed E-state index contributed by atoms with van der Waals surface area (Å²) in [4.78, 5) is 0.287. The molecule has 0 saturated carbocycles. The zero-order chi connectivity index (χ0) is 17.0. The first-order valence-corrected chi connectivity index (χ1v) is 9.60. The minimum atomic E-state index is -3.18. The molecule has 0 heterocycles. The second kappa shape index (κ2) is 7.49. The fourth-order valence-corrected chi connectivity index (χ4v) is 3.06. The standard InChI is InChI=1S/C15H14Cl2N2O2S2/c1-23(20,21)12-5-2-10(3-6-12)9-18-15(22)19-14-7-4-11(16)8-13(14)17/h2-8H,9H2,1H3,(H2,18,19,22). The molecule has 0 fully saturated rings. The van der Waals surface area contributed by atoms with Crippen molar-refractivity contribution >= 4 is 56.1 Å². The lowest BCUT2D eigenvalue weighted by Gasteiger charge is -2.12. The van der Waals surface area contributed by atoms with E-state index in [0.29, 0.717) is 27.4 Å². The molecule has 2 rings (SSSR count). The van der Waals surface area contributed by atoms with Gasteiger partial charge in [0.1, 0.15) is 0 Å². The summed E-state index contributed by atoms with van der Waals surface area (Å²) in [6, 6.07) is 11.7. The zero-order valence-electron chi connectivity index (χ0n) is 12.1. The van der Waals surface area contributed by atoms with Gasteiger partial charge in [-0.3, -0.25) is 0 Å². The number of hydrogen-bond acceptors (Lipinski definition) is 3. The lowest BCUT2D eigenvalue weighted by Crippen LogP contribution is -2.28. The Labute approximate surface area is 150 Å². The van der Waals surface area contributed by atoms with Gasteiger partial charge in [0.15, 0.2) is 14.9 Å². The van der Waals surface area contributed by atoms with E-state index in [1.165, 1.54) is 6.26 Å². The number of sulfone groups is 1. The van der Waals surface area contributed by atoms with Crippen LogP contribution in [0, 0.1) is 0 Å². The van der Waals surface area contributed by atoms with Crippen molar-refractivity contribution in [3.63, 3.8) is 0 Å². The largest absolute Gasteiger partial charge is 0.358 e. The van der Waals surface area contributed by atoms with Crippen LogP contribution in [0.1, 0.15) is 5.56 Å². The Balaban J connectivity index is 1.94. The molecule has 0 aliphatic heterocycles. The Morgan fingerprint density at radius 3 is 2.35 bits per heavy atom. The van der Waals surface area contributed by atoms with Crippen LogP contribution in [0.4, 0.5) is 5.69 Å². The van der Waals surface area contributed by atoms with Crippen LogP contribution in [0.5, 0.6) is 0 Å². The quantitative estimate of drug-likeness (QED) is 0.778. The lowest BCUT2D eigenvalue weighted by atomic mass is 10.2. The Hall–Kier alpha value is -1.34. The molecular formula is C15H14Cl2N2O2S2. The highest BCUT2D eigenvalue weighted by Crippen LogP contribution is 2.25. The van der Waals surface area contributed by atoms with E-state index in [9.17, 15) is 8.42 Å². The van der Waals surface area contributed by atoms with Gasteiger partial charge >= 0.3 is 0 Å². The van der Waals surface area contributed by atoms with Crippen LogP contribution >= 0.6 is 35.4 Å². The van der Waals surface area contributed by atoms with Crippen LogP contribution in [0.2, 0.25) is 10.0 Å². The molecule has 0 aliphatic carbocycles. The van der Waals surface area contributed by atoms with Gasteiger partial charge in [-0.05, 0) is 48.1 Å². The highest BCUT2D eigenvalue weighted by Gasteiger charge is 2.07. The van der Waals surface area contributed by atoms with E-state index in [1.807, 2.05) is 0 Å². The molecule has 0 unspecified atom stereocenters. The summed E-state index contributed by atoms with van der Waals surface area (Å²) in [7, 11) is -3.18. The second-order valence-corrected chi connectivity index (χ2v) is 8.12. The van der Waals surface area contributed by atoms with Gasteiger partial charge in [-0.1, -0.05) is 35.3 Å². The lowest BCUT2D eigenvalue weighted by molar-refractivity contribution is 0.602. The molecule has 8 heteroatoms. The molecule has 0 aromatic heterocycles. The minimum absolute atomic E-state index is 0.287. The maximum atomic E-state index is 11.4. The summed E-state index contributed by atoms with van der Waals surface area (Å²) in [6.07, 6.45) is 1.18. The third kappa shape index (κ3) is 5.35. The fourth-order valence-electron chi connectivity index (χ4n) is 1.79. The molecule has 0 bridgehead atoms. The summed E-state index contributed by atoms with van der Waals surface area (Å²) in [6.45, 7) is 0.459. The van der Waals surface area contributed by atoms with Crippen molar-refractivity contribution in [3.8, 4) is 0 Å². The van der Waals surface area contributed by atoms with Gasteiger partial charge in [0, 0.05) is 17.8 Å². The van der Waals surface area contributed by atoms with Crippen molar-refractivity contribution in [2.45, 2.75) is 11.4 Å². The summed E-state index contributed by atoms with van der Waals surface area (Å²) in [5, 5.41) is 7.43. The smallest absolute Gasteiger partial charge is 0.175 e. The molecule has 2 aromatic rings. The van der Waals surface area contributed by atoms with Crippen molar-refractivity contribution in [1.82, 2.24) is 5.32 Å². The zero-order valence-corrected chi connectivity index (χ0v) is 15.3. The van der Waals surface area contributed by atoms with Crippen molar-refractivity contribution in [3.05, 3.63) is 58.1 Å². The SMILES string of the molecule is CS(=O)(=O)c1ccc(CNC(=S)Nc2ccc(Cl)cc2Cl)cc1. The van der Waals surface area contributed by atoms with Gasteiger partial charge < -0.3 is 10.6 Å². The summed E-state index contributed by atoms with van der Waals surface area (Å²) >= 11 is 17.1. The average molecular weight is 389 g/mol. The summed E-state index contributed by atoms with van der Waals surface area (Å²) in [5.74, 6) is 0. The third-order valence-electron chi connectivity index (χ3n) is 2.98. The first kappa shape index (κ1) is 18.0. The average Bonchev–Trinajstić information content (AvgIpc) is 2.47. The van der Waals surface area contributed by atoms with Crippen LogP contribution in [-0.4, -0.2) is 19.8 Å². The Morgan fingerprint density at radius 2 is 1.78 bits per heavy atom. The van der Waals surface area contributed by atoms with Crippen molar-refractivity contribution < 1.29 is 8.42 Å². The first-order chi connectivity index (χ1) is 10.8. The topological polar surface area (TPSA) is 58.2 Å². The molecule has 0 radical (unpaired) electrons. The maximum absolute atomic E-state index is 11.4. The predicted octanol–water partition coefficient (Wildman–Crippen LogP) is 3.88. The minimum Gasteiger partial charge on any atom is -0.358 e. The number of nitrogens with one attached hydrogen (secondary N) is 2. The van der Waals surface area contributed by atoms with Crippen LogP contribution < -0.4 is 10.6 Å². The van der Waals surface area contributed by atoms with Crippen LogP contribution in [-0.2, 0) is 16.4 Å².